The zero-order chi connectivity index (χ0) is 20.1. The smallest absolute Gasteiger partial charge is 0.316 e. The van der Waals surface area contributed by atoms with Crippen LogP contribution >= 0.6 is 0 Å². The molecule has 0 radical (unpaired) electrons. The van der Waals surface area contributed by atoms with Gasteiger partial charge in [0.1, 0.15) is 12.1 Å². The van der Waals surface area contributed by atoms with Gasteiger partial charge in [-0.15, -0.1) is 0 Å². The van der Waals surface area contributed by atoms with E-state index in [-0.39, 0.29) is 23.7 Å². The van der Waals surface area contributed by atoms with Crippen molar-refractivity contribution in [3.63, 3.8) is 0 Å². The zero-order valence-electron chi connectivity index (χ0n) is 17.3. The lowest BCUT2D eigenvalue weighted by Gasteiger charge is -2.24. The van der Waals surface area contributed by atoms with E-state index in [2.05, 4.69) is 21.3 Å². The molecular formula is C19H38N4O3. The second-order valence-corrected chi connectivity index (χ2v) is 7.56. The van der Waals surface area contributed by atoms with Gasteiger partial charge < -0.3 is 21.3 Å². The predicted octanol–water partition coefficient (Wildman–Crippen LogP) is 2.17. The highest BCUT2D eigenvalue weighted by atomic mass is 16.2. The molecule has 0 spiro atoms. The summed E-state index contributed by atoms with van der Waals surface area (Å²) < 4.78 is 0. The maximum absolute atomic E-state index is 12.4. The lowest BCUT2D eigenvalue weighted by atomic mass is 10.0. The summed E-state index contributed by atoms with van der Waals surface area (Å²) in [6.07, 6.45) is 2.75. The maximum atomic E-state index is 12.4. The first-order chi connectivity index (χ1) is 12.2. The van der Waals surface area contributed by atoms with Gasteiger partial charge in [-0.1, -0.05) is 41.5 Å². The highest BCUT2D eigenvalue weighted by Gasteiger charge is 2.25. The first-order valence-electron chi connectivity index (χ1n) is 9.83. The lowest BCUT2D eigenvalue weighted by molar-refractivity contribution is -0.123. The monoisotopic (exact) mass is 370 g/mol. The predicted molar refractivity (Wildman–Crippen MR) is 105 cm³/mol. The van der Waals surface area contributed by atoms with Gasteiger partial charge in [0, 0.05) is 13.1 Å². The molecule has 0 unspecified atom stereocenters. The maximum Gasteiger partial charge on any atom is 0.316 e. The van der Waals surface area contributed by atoms with Gasteiger partial charge in [0.05, 0.1) is 0 Å². The number of carbonyl (C=O) groups excluding carboxylic acids is 3. The summed E-state index contributed by atoms with van der Waals surface area (Å²) in [7, 11) is 0. The van der Waals surface area contributed by atoms with Crippen molar-refractivity contribution in [1.29, 1.82) is 0 Å². The van der Waals surface area contributed by atoms with Gasteiger partial charge in [-0.2, -0.15) is 0 Å². The summed E-state index contributed by atoms with van der Waals surface area (Å²) in [6.45, 7) is 13.1. The zero-order valence-corrected chi connectivity index (χ0v) is 17.3. The Bertz CT molecular complexity index is 401. The van der Waals surface area contributed by atoms with E-state index >= 15 is 0 Å². The summed E-state index contributed by atoms with van der Waals surface area (Å²) in [5.74, 6) is 0.136. The Morgan fingerprint density at radius 1 is 0.692 bits per heavy atom. The van der Waals surface area contributed by atoms with E-state index in [1.807, 2.05) is 41.5 Å². The van der Waals surface area contributed by atoms with Crippen LogP contribution in [0.15, 0.2) is 0 Å². The number of rotatable bonds is 12. The summed E-state index contributed by atoms with van der Waals surface area (Å²) >= 11 is 0. The first-order valence-corrected chi connectivity index (χ1v) is 9.83. The Labute approximate surface area is 158 Å². The molecule has 4 amide bonds. The molecule has 7 heteroatoms. The van der Waals surface area contributed by atoms with Crippen LogP contribution in [0, 0.1) is 11.8 Å². The largest absolute Gasteiger partial charge is 0.354 e. The number of nitrogens with one attached hydrogen (secondary N) is 4. The van der Waals surface area contributed by atoms with Crippen LogP contribution in [-0.2, 0) is 9.59 Å². The third-order valence-electron chi connectivity index (χ3n) is 3.76. The molecular weight excluding hydrogens is 332 g/mol. The van der Waals surface area contributed by atoms with Crippen molar-refractivity contribution < 1.29 is 14.4 Å². The van der Waals surface area contributed by atoms with Crippen molar-refractivity contribution in [1.82, 2.24) is 21.3 Å². The minimum atomic E-state index is -0.611. The van der Waals surface area contributed by atoms with Gasteiger partial charge >= 0.3 is 6.03 Å². The fourth-order valence-corrected chi connectivity index (χ4v) is 2.51. The fraction of sp³-hybridized carbons (Fsp3) is 0.842. The average Bonchev–Trinajstić information content (AvgIpc) is 2.55. The molecule has 4 N–H and O–H groups in total. The molecule has 0 heterocycles. The van der Waals surface area contributed by atoms with E-state index < -0.39 is 18.1 Å². The quantitative estimate of drug-likeness (QED) is 0.424. The van der Waals surface area contributed by atoms with Crippen LogP contribution in [-0.4, -0.2) is 43.0 Å². The van der Waals surface area contributed by atoms with E-state index in [1.54, 1.807) is 0 Å². The number of amides is 4. The number of urea groups is 1. The third-order valence-corrected chi connectivity index (χ3v) is 3.76. The SMILES string of the molecule is CCCNC(=O)[C@H](CC(C)C)NC(=O)N[C@@H](CC(C)C)C(=O)NCCC. The molecule has 0 aliphatic heterocycles. The molecule has 0 aliphatic rings. The normalized spacial score (nSPS) is 13.2. The Balaban J connectivity index is 4.89. The molecule has 0 aromatic rings. The van der Waals surface area contributed by atoms with Crippen molar-refractivity contribution in [2.75, 3.05) is 13.1 Å². The van der Waals surface area contributed by atoms with Gasteiger partial charge in [-0.25, -0.2) is 4.79 Å². The summed E-state index contributed by atoms with van der Waals surface area (Å²) in [4.78, 5) is 37.0. The number of carbonyl (C=O) groups is 3. The summed E-state index contributed by atoms with van der Waals surface area (Å²) in [6, 6.07) is -1.71. The van der Waals surface area contributed by atoms with Crippen LogP contribution in [0.3, 0.4) is 0 Å². The van der Waals surface area contributed by atoms with E-state index in [9.17, 15) is 14.4 Å². The second-order valence-electron chi connectivity index (χ2n) is 7.56. The molecule has 0 aromatic heterocycles. The van der Waals surface area contributed by atoms with Gasteiger partial charge in [-0.3, -0.25) is 9.59 Å². The molecule has 0 fully saturated rings. The van der Waals surface area contributed by atoms with Gasteiger partial charge in [0.2, 0.25) is 11.8 Å². The number of hydrogen-bond donors (Lipinski definition) is 4. The molecule has 26 heavy (non-hydrogen) atoms. The van der Waals surface area contributed by atoms with E-state index in [0.717, 1.165) is 12.8 Å². The van der Waals surface area contributed by atoms with Crippen LogP contribution < -0.4 is 21.3 Å². The van der Waals surface area contributed by atoms with E-state index in [4.69, 9.17) is 0 Å². The standard InChI is InChI=1S/C19H38N4O3/c1-7-9-20-17(24)15(11-13(3)4)22-19(26)23-16(12-14(5)6)18(25)21-10-8-2/h13-16H,7-12H2,1-6H3,(H,20,24)(H,21,25)(H2,22,23,26)/t15-,16-/m0/s1. The van der Waals surface area contributed by atoms with Crippen molar-refractivity contribution in [2.45, 2.75) is 79.3 Å². The van der Waals surface area contributed by atoms with Crippen LogP contribution in [0.1, 0.15) is 67.2 Å². The topological polar surface area (TPSA) is 99.3 Å². The van der Waals surface area contributed by atoms with Gasteiger partial charge in [0.25, 0.3) is 0 Å². The van der Waals surface area contributed by atoms with Crippen molar-refractivity contribution in [3.8, 4) is 0 Å². The van der Waals surface area contributed by atoms with Crippen molar-refractivity contribution in [3.05, 3.63) is 0 Å². The van der Waals surface area contributed by atoms with E-state index in [0.29, 0.717) is 25.9 Å². The third kappa shape index (κ3) is 10.9. The van der Waals surface area contributed by atoms with Crippen LogP contribution in [0.4, 0.5) is 4.79 Å². The van der Waals surface area contributed by atoms with Crippen molar-refractivity contribution >= 4 is 17.8 Å². The minimum absolute atomic E-state index is 0.188. The molecule has 0 aromatic carbocycles. The molecule has 0 bridgehead atoms. The lowest BCUT2D eigenvalue weighted by Crippen LogP contribution is -2.55. The van der Waals surface area contributed by atoms with Crippen LogP contribution in [0.5, 0.6) is 0 Å². The highest BCUT2D eigenvalue weighted by molar-refractivity contribution is 5.90. The Morgan fingerprint density at radius 2 is 1.04 bits per heavy atom. The fourth-order valence-electron chi connectivity index (χ4n) is 2.51. The molecule has 2 atom stereocenters. The van der Waals surface area contributed by atoms with Crippen LogP contribution in [0.2, 0.25) is 0 Å². The van der Waals surface area contributed by atoms with Gasteiger partial charge in [-0.05, 0) is 37.5 Å². The highest BCUT2D eigenvalue weighted by Crippen LogP contribution is 2.07. The van der Waals surface area contributed by atoms with Crippen LogP contribution in [0.25, 0.3) is 0 Å². The summed E-state index contributed by atoms with van der Waals surface area (Å²) in [5, 5.41) is 11.1. The Hall–Kier alpha value is -1.79. The molecule has 0 rings (SSSR count). The Morgan fingerprint density at radius 3 is 1.31 bits per heavy atom. The Kier molecular flexibility index (Phi) is 12.5. The second kappa shape index (κ2) is 13.4. The minimum Gasteiger partial charge on any atom is -0.354 e. The molecule has 0 saturated carbocycles. The van der Waals surface area contributed by atoms with Crippen molar-refractivity contribution in [2.24, 2.45) is 11.8 Å². The van der Waals surface area contributed by atoms with E-state index in [1.165, 1.54) is 0 Å². The summed E-state index contributed by atoms with van der Waals surface area (Å²) in [5.41, 5.74) is 0. The molecule has 152 valence electrons. The van der Waals surface area contributed by atoms with Gasteiger partial charge in [0.15, 0.2) is 0 Å². The molecule has 7 nitrogen and oxygen atoms in total. The number of hydrogen-bond acceptors (Lipinski definition) is 3. The first kappa shape index (κ1) is 24.2. The average molecular weight is 371 g/mol. The molecule has 0 aliphatic carbocycles. The molecule has 0 saturated heterocycles.